The van der Waals surface area contributed by atoms with Gasteiger partial charge in [-0.15, -0.1) is 0 Å². The van der Waals surface area contributed by atoms with Crippen LogP contribution in [0, 0.1) is 0 Å². The lowest BCUT2D eigenvalue weighted by Gasteiger charge is -2.10. The van der Waals surface area contributed by atoms with E-state index in [0.29, 0.717) is 6.54 Å². The summed E-state index contributed by atoms with van der Waals surface area (Å²) in [6.45, 7) is 6.39. The second-order valence-corrected chi connectivity index (χ2v) is 2.13. The van der Waals surface area contributed by atoms with Crippen LogP contribution in [0.5, 0.6) is 0 Å². The van der Waals surface area contributed by atoms with Crippen LogP contribution in [-0.4, -0.2) is 12.6 Å². The maximum absolute atomic E-state index is 5.34. The van der Waals surface area contributed by atoms with E-state index < -0.39 is 0 Å². The summed E-state index contributed by atoms with van der Waals surface area (Å²) >= 11 is 0. The molecule has 0 spiro atoms. The molecule has 0 aliphatic heterocycles. The molecule has 0 aliphatic carbocycles. The first-order valence-corrected chi connectivity index (χ1v) is 3.22. The summed E-state index contributed by atoms with van der Waals surface area (Å²) in [6, 6.07) is 0. The van der Waals surface area contributed by atoms with Gasteiger partial charge in [-0.3, -0.25) is 0 Å². The van der Waals surface area contributed by atoms with Crippen LogP contribution in [-0.2, 0) is 4.74 Å². The van der Waals surface area contributed by atoms with Gasteiger partial charge in [0.1, 0.15) is 5.76 Å². The Morgan fingerprint density at radius 1 is 1.67 bits per heavy atom. The highest BCUT2D eigenvalue weighted by Gasteiger charge is 1.95. The van der Waals surface area contributed by atoms with E-state index in [1.165, 1.54) is 0 Å². The third-order valence-corrected chi connectivity index (χ3v) is 0.910. The van der Waals surface area contributed by atoms with E-state index in [-0.39, 0.29) is 6.10 Å². The molecule has 0 atom stereocenters. The molecule has 2 N–H and O–H groups in total. The molecule has 0 bridgehead atoms. The number of rotatable bonds is 3. The highest BCUT2D eigenvalue weighted by Crippen LogP contribution is 1.98. The maximum atomic E-state index is 5.34. The summed E-state index contributed by atoms with van der Waals surface area (Å²) in [4.78, 5) is 0. The van der Waals surface area contributed by atoms with E-state index in [1.807, 2.05) is 26.8 Å². The molecule has 0 aromatic carbocycles. The van der Waals surface area contributed by atoms with Gasteiger partial charge in [0.2, 0.25) is 0 Å². The van der Waals surface area contributed by atoms with Gasteiger partial charge in [-0.05, 0) is 26.8 Å². The lowest BCUT2D eigenvalue weighted by atomic mass is 10.4. The van der Waals surface area contributed by atoms with Crippen LogP contribution in [0.3, 0.4) is 0 Å². The molecule has 0 amide bonds. The summed E-state index contributed by atoms with van der Waals surface area (Å²) in [7, 11) is 0. The molecule has 0 fully saturated rings. The van der Waals surface area contributed by atoms with E-state index in [1.54, 1.807) is 0 Å². The minimum Gasteiger partial charge on any atom is -0.494 e. The van der Waals surface area contributed by atoms with E-state index in [2.05, 4.69) is 0 Å². The summed E-state index contributed by atoms with van der Waals surface area (Å²) in [5, 5.41) is 0. The Morgan fingerprint density at radius 2 is 2.22 bits per heavy atom. The molecular weight excluding hydrogens is 114 g/mol. The molecule has 0 unspecified atom stereocenters. The average Bonchev–Trinajstić information content (AvgIpc) is 1.82. The van der Waals surface area contributed by atoms with Gasteiger partial charge in [0.15, 0.2) is 0 Å². The van der Waals surface area contributed by atoms with Crippen molar-refractivity contribution in [2.24, 2.45) is 5.73 Å². The fourth-order valence-corrected chi connectivity index (χ4v) is 0.537. The van der Waals surface area contributed by atoms with E-state index in [9.17, 15) is 0 Å². The zero-order valence-corrected chi connectivity index (χ0v) is 6.35. The second kappa shape index (κ2) is 4.39. The molecule has 0 saturated carbocycles. The van der Waals surface area contributed by atoms with Crippen LogP contribution < -0.4 is 5.73 Å². The quantitative estimate of drug-likeness (QED) is 0.582. The molecule has 0 saturated heterocycles. The van der Waals surface area contributed by atoms with Crippen molar-refractivity contribution in [3.05, 3.63) is 11.8 Å². The molecular formula is C7H15NO. The minimum atomic E-state index is 0.236. The molecule has 0 aromatic rings. The highest BCUT2D eigenvalue weighted by atomic mass is 16.5. The van der Waals surface area contributed by atoms with Crippen molar-refractivity contribution in [3.8, 4) is 0 Å². The largest absolute Gasteiger partial charge is 0.494 e. The third-order valence-electron chi connectivity index (χ3n) is 0.910. The molecule has 54 valence electrons. The maximum Gasteiger partial charge on any atom is 0.106 e. The lowest BCUT2D eigenvalue weighted by Crippen LogP contribution is -2.10. The summed E-state index contributed by atoms with van der Waals surface area (Å²) < 4.78 is 5.28. The Morgan fingerprint density at radius 3 is 2.33 bits per heavy atom. The SMILES string of the molecule is C/C=C(/CN)OC(C)C. The van der Waals surface area contributed by atoms with Crippen molar-refractivity contribution in [2.45, 2.75) is 26.9 Å². The Hall–Kier alpha value is -0.500. The Bertz CT molecular complexity index is 97.1. The zero-order valence-electron chi connectivity index (χ0n) is 6.35. The molecule has 0 aliphatic rings. The first-order valence-electron chi connectivity index (χ1n) is 3.22. The first-order chi connectivity index (χ1) is 4.20. The van der Waals surface area contributed by atoms with E-state index >= 15 is 0 Å². The molecule has 0 radical (unpaired) electrons. The highest BCUT2D eigenvalue weighted by molar-refractivity contribution is 4.91. The molecule has 0 heterocycles. The molecule has 0 aromatic heterocycles. The second-order valence-electron chi connectivity index (χ2n) is 2.13. The van der Waals surface area contributed by atoms with Crippen molar-refractivity contribution in [1.82, 2.24) is 0 Å². The predicted octanol–water partition coefficient (Wildman–Crippen LogP) is 1.27. The Kier molecular flexibility index (Phi) is 4.14. The summed E-state index contributed by atoms with van der Waals surface area (Å²) in [6.07, 6.45) is 2.12. The van der Waals surface area contributed by atoms with Gasteiger partial charge in [-0.25, -0.2) is 0 Å². The van der Waals surface area contributed by atoms with E-state index in [4.69, 9.17) is 10.5 Å². The number of hydrogen-bond donors (Lipinski definition) is 1. The summed E-state index contributed by atoms with van der Waals surface area (Å²) in [5.41, 5.74) is 5.34. The number of nitrogens with two attached hydrogens (primary N) is 1. The molecule has 0 rings (SSSR count). The molecule has 2 nitrogen and oxygen atoms in total. The normalized spacial score (nSPS) is 12.3. The number of ether oxygens (including phenoxy) is 1. The zero-order chi connectivity index (χ0) is 7.28. The van der Waals surface area contributed by atoms with Crippen molar-refractivity contribution in [3.63, 3.8) is 0 Å². The average molecular weight is 129 g/mol. The monoisotopic (exact) mass is 129 g/mol. The minimum absolute atomic E-state index is 0.236. The fourth-order valence-electron chi connectivity index (χ4n) is 0.537. The van der Waals surface area contributed by atoms with Crippen molar-refractivity contribution in [2.75, 3.05) is 6.54 Å². The van der Waals surface area contributed by atoms with Crippen LogP contribution in [0.2, 0.25) is 0 Å². The van der Waals surface area contributed by atoms with Gasteiger partial charge >= 0.3 is 0 Å². The van der Waals surface area contributed by atoms with Gasteiger partial charge in [0.05, 0.1) is 12.6 Å². The smallest absolute Gasteiger partial charge is 0.106 e. The topological polar surface area (TPSA) is 35.2 Å². The Labute approximate surface area is 56.7 Å². The van der Waals surface area contributed by atoms with Gasteiger partial charge in [-0.1, -0.05) is 0 Å². The van der Waals surface area contributed by atoms with Crippen LogP contribution in [0.4, 0.5) is 0 Å². The number of hydrogen-bond acceptors (Lipinski definition) is 2. The standard InChI is InChI=1S/C7H15NO/c1-4-7(5-8)9-6(2)3/h4,6H,5,8H2,1-3H3/b7-4-. The van der Waals surface area contributed by atoms with E-state index in [0.717, 1.165) is 5.76 Å². The van der Waals surface area contributed by atoms with Crippen LogP contribution in [0.25, 0.3) is 0 Å². The van der Waals surface area contributed by atoms with Crippen LogP contribution in [0.1, 0.15) is 20.8 Å². The summed E-state index contributed by atoms with van der Waals surface area (Å²) in [5.74, 6) is 0.866. The van der Waals surface area contributed by atoms with Gasteiger partial charge in [0.25, 0.3) is 0 Å². The fraction of sp³-hybridized carbons (Fsp3) is 0.714. The lowest BCUT2D eigenvalue weighted by molar-refractivity contribution is 0.145. The van der Waals surface area contributed by atoms with Crippen LogP contribution in [0.15, 0.2) is 11.8 Å². The van der Waals surface area contributed by atoms with Crippen molar-refractivity contribution in [1.29, 1.82) is 0 Å². The van der Waals surface area contributed by atoms with Crippen LogP contribution >= 0.6 is 0 Å². The molecule has 2 heteroatoms. The van der Waals surface area contributed by atoms with Crippen molar-refractivity contribution >= 4 is 0 Å². The third kappa shape index (κ3) is 4.03. The molecule has 9 heavy (non-hydrogen) atoms. The predicted molar refractivity (Wildman–Crippen MR) is 39.0 cm³/mol. The Balaban J connectivity index is 3.58. The van der Waals surface area contributed by atoms with Gasteiger partial charge in [-0.2, -0.15) is 0 Å². The van der Waals surface area contributed by atoms with Crippen molar-refractivity contribution < 1.29 is 4.74 Å². The number of allylic oxidation sites excluding steroid dienone is 1. The van der Waals surface area contributed by atoms with Gasteiger partial charge < -0.3 is 10.5 Å². The first kappa shape index (κ1) is 8.50. The van der Waals surface area contributed by atoms with Gasteiger partial charge in [0, 0.05) is 0 Å².